The molecule has 0 bridgehead atoms. The number of anilines is 2. The van der Waals surface area contributed by atoms with Gasteiger partial charge in [-0.2, -0.15) is 0 Å². The number of aromatic nitrogens is 2. The molecule has 36 heavy (non-hydrogen) atoms. The summed E-state index contributed by atoms with van der Waals surface area (Å²) >= 11 is 6.36. The molecule has 1 unspecified atom stereocenters. The Hall–Kier alpha value is -3.19. The number of aryl methyl sites for hydroxylation is 1. The van der Waals surface area contributed by atoms with Crippen molar-refractivity contribution < 1.29 is 9.13 Å². The van der Waals surface area contributed by atoms with Crippen LogP contribution >= 0.6 is 20.8 Å². The van der Waals surface area contributed by atoms with Crippen LogP contribution in [0.3, 0.4) is 0 Å². The summed E-state index contributed by atoms with van der Waals surface area (Å²) in [6.45, 7) is 12.2. The number of hydrogen-bond acceptors (Lipinski definition) is 4. The summed E-state index contributed by atoms with van der Waals surface area (Å²) in [7, 11) is 2.42. The number of nitrogens with one attached hydrogen (secondary N) is 1. The molecule has 1 heterocycles. The number of nitrogens with zero attached hydrogens (tertiary/aromatic N) is 2. The van der Waals surface area contributed by atoms with Gasteiger partial charge in [0.2, 0.25) is 0 Å². The third-order valence-corrected chi connectivity index (χ3v) is 4.56. The van der Waals surface area contributed by atoms with E-state index in [9.17, 15) is 4.39 Å². The zero-order valence-electron chi connectivity index (χ0n) is 21.8. The Morgan fingerprint density at radius 1 is 0.944 bits per heavy atom. The summed E-state index contributed by atoms with van der Waals surface area (Å²) in [5, 5.41) is 4.67. The van der Waals surface area contributed by atoms with Crippen LogP contribution in [-0.4, -0.2) is 16.6 Å². The molecule has 7 heteroatoms. The van der Waals surface area contributed by atoms with Crippen molar-refractivity contribution in [1.29, 1.82) is 0 Å². The molecule has 1 aromatic heterocycles. The Balaban J connectivity index is 0.00000140. The van der Waals surface area contributed by atoms with E-state index >= 15 is 0 Å². The van der Waals surface area contributed by atoms with Crippen molar-refractivity contribution in [3.63, 3.8) is 0 Å². The number of benzene rings is 3. The third kappa shape index (κ3) is 10.2. The minimum Gasteiger partial charge on any atom is -0.487 e. The Morgan fingerprint density at radius 3 is 2.28 bits per heavy atom. The zero-order valence-corrected chi connectivity index (χ0v) is 23.8. The van der Waals surface area contributed by atoms with E-state index in [1.54, 1.807) is 24.3 Å². The molecule has 0 aliphatic heterocycles. The first-order chi connectivity index (χ1) is 17.6. The van der Waals surface area contributed by atoms with E-state index in [0.717, 1.165) is 27.7 Å². The minimum atomic E-state index is -0.293. The lowest BCUT2D eigenvalue weighted by molar-refractivity contribution is 0.306. The third-order valence-electron chi connectivity index (χ3n) is 4.27. The molecule has 4 aromatic rings. The highest BCUT2D eigenvalue weighted by Gasteiger charge is 2.08. The first kappa shape index (κ1) is 32.8. The summed E-state index contributed by atoms with van der Waals surface area (Å²) in [5.41, 5.74) is 3.51. The van der Waals surface area contributed by atoms with Gasteiger partial charge in [-0.15, -0.1) is 22.1 Å². The van der Waals surface area contributed by atoms with Gasteiger partial charge in [-0.1, -0.05) is 69.7 Å². The molecule has 0 radical (unpaired) electrons. The Labute approximate surface area is 222 Å². The first-order valence-corrected chi connectivity index (χ1v) is 13.2. The van der Waals surface area contributed by atoms with Crippen LogP contribution in [0, 0.1) is 25.6 Å². The van der Waals surface area contributed by atoms with E-state index in [1.807, 2.05) is 65.5 Å². The number of terminal acetylenes is 1. The fourth-order valence-electron chi connectivity index (χ4n) is 2.89. The standard InChI is InChI=1S/C22H17ClFN3O.2C2H6.C2H2.CH5P/c1-14-5-7-20-18(9-14)22(26-13-25-20)27-17-6-8-21(19(23)11-17)28-12-15-3-2-4-16(24)10-15;4*1-2/h2-11,13H,12H2,1H3,(H,25,26,27);2*1-2H3;1-2H;2H2,1H3. The second kappa shape index (κ2) is 19.1. The van der Waals surface area contributed by atoms with Crippen LogP contribution in [0.2, 0.25) is 5.02 Å². The van der Waals surface area contributed by atoms with Gasteiger partial charge in [0.05, 0.1) is 10.5 Å². The van der Waals surface area contributed by atoms with Crippen LogP contribution in [0.15, 0.2) is 67.0 Å². The fourth-order valence-corrected chi connectivity index (χ4v) is 3.13. The van der Waals surface area contributed by atoms with Gasteiger partial charge in [-0.05, 0) is 55.0 Å². The largest absolute Gasteiger partial charge is 0.487 e. The van der Waals surface area contributed by atoms with Gasteiger partial charge in [0, 0.05) is 11.1 Å². The topological polar surface area (TPSA) is 47.0 Å². The van der Waals surface area contributed by atoms with E-state index in [-0.39, 0.29) is 12.4 Å². The van der Waals surface area contributed by atoms with Crippen molar-refractivity contribution in [3.05, 3.63) is 89.0 Å². The maximum Gasteiger partial charge on any atom is 0.141 e. The van der Waals surface area contributed by atoms with Gasteiger partial charge < -0.3 is 10.1 Å². The summed E-state index contributed by atoms with van der Waals surface area (Å²) in [5.74, 6) is 0.942. The highest BCUT2D eigenvalue weighted by atomic mass is 35.5. The summed E-state index contributed by atoms with van der Waals surface area (Å²) in [6.07, 6.45) is 9.53. The predicted octanol–water partition coefficient (Wildman–Crippen LogP) is 8.85. The molecule has 0 saturated heterocycles. The lowest BCUT2D eigenvalue weighted by Gasteiger charge is -2.12. The Bertz CT molecular complexity index is 1200. The average molecular weight is 528 g/mol. The van der Waals surface area contributed by atoms with E-state index in [0.29, 0.717) is 16.6 Å². The van der Waals surface area contributed by atoms with Crippen molar-refractivity contribution >= 4 is 43.2 Å². The van der Waals surface area contributed by atoms with Crippen molar-refractivity contribution in [3.8, 4) is 18.6 Å². The van der Waals surface area contributed by atoms with Gasteiger partial charge in [-0.3, -0.25) is 0 Å². The van der Waals surface area contributed by atoms with E-state index in [1.165, 1.54) is 18.5 Å². The maximum absolute atomic E-state index is 13.3. The number of hydrogen-bond donors (Lipinski definition) is 1. The number of ether oxygens (including phenoxy) is 1. The number of rotatable bonds is 5. The maximum atomic E-state index is 13.3. The fraction of sp³-hybridized carbons (Fsp3) is 0.241. The molecule has 0 aliphatic carbocycles. The number of halogens is 2. The molecule has 0 spiro atoms. The normalized spacial score (nSPS) is 8.97. The zero-order chi connectivity index (χ0) is 27.5. The van der Waals surface area contributed by atoms with Gasteiger partial charge in [0.25, 0.3) is 0 Å². The molecule has 1 atom stereocenters. The first-order valence-electron chi connectivity index (χ1n) is 11.6. The molecule has 0 fully saturated rings. The monoisotopic (exact) mass is 527 g/mol. The van der Waals surface area contributed by atoms with E-state index in [2.05, 4.69) is 37.4 Å². The van der Waals surface area contributed by atoms with Crippen LogP contribution in [0.1, 0.15) is 38.8 Å². The van der Waals surface area contributed by atoms with Gasteiger partial charge in [-0.25, -0.2) is 14.4 Å². The van der Waals surface area contributed by atoms with Crippen molar-refractivity contribution in [1.82, 2.24) is 9.97 Å². The molecule has 192 valence electrons. The van der Waals surface area contributed by atoms with Gasteiger partial charge in [0.1, 0.15) is 30.3 Å². The van der Waals surface area contributed by atoms with Crippen molar-refractivity contribution in [2.75, 3.05) is 12.0 Å². The summed E-state index contributed by atoms with van der Waals surface area (Å²) in [6, 6.07) is 17.7. The predicted molar refractivity (Wildman–Crippen MR) is 158 cm³/mol. The van der Waals surface area contributed by atoms with Gasteiger partial charge >= 0.3 is 0 Å². The molecule has 0 aliphatic rings. The molecule has 3 aromatic carbocycles. The van der Waals surface area contributed by atoms with Crippen LogP contribution in [0.25, 0.3) is 10.9 Å². The highest BCUT2D eigenvalue weighted by Crippen LogP contribution is 2.31. The summed E-state index contributed by atoms with van der Waals surface area (Å²) in [4.78, 5) is 8.64. The molecular weight excluding hydrogens is 492 g/mol. The Kier molecular flexibility index (Phi) is 17.4. The smallest absolute Gasteiger partial charge is 0.141 e. The second-order valence-corrected chi connectivity index (χ2v) is 6.84. The van der Waals surface area contributed by atoms with Crippen LogP contribution in [-0.2, 0) is 6.61 Å². The molecule has 0 saturated carbocycles. The molecular formula is C29H36ClFN3OP. The van der Waals surface area contributed by atoms with Crippen LogP contribution < -0.4 is 10.1 Å². The van der Waals surface area contributed by atoms with Crippen LogP contribution in [0.5, 0.6) is 5.75 Å². The molecule has 4 rings (SSSR count). The lowest BCUT2D eigenvalue weighted by atomic mass is 10.1. The highest BCUT2D eigenvalue weighted by molar-refractivity contribution is 7.15. The second-order valence-electron chi connectivity index (χ2n) is 6.43. The van der Waals surface area contributed by atoms with E-state index < -0.39 is 0 Å². The molecule has 0 amide bonds. The summed E-state index contributed by atoms with van der Waals surface area (Å²) < 4.78 is 19.0. The van der Waals surface area contributed by atoms with Gasteiger partial charge in [0.15, 0.2) is 0 Å². The average Bonchev–Trinajstić information content (AvgIpc) is 2.93. The van der Waals surface area contributed by atoms with Crippen molar-refractivity contribution in [2.24, 2.45) is 0 Å². The quantitative estimate of drug-likeness (QED) is 0.208. The van der Waals surface area contributed by atoms with E-state index in [4.69, 9.17) is 16.3 Å². The van der Waals surface area contributed by atoms with Crippen LogP contribution in [0.4, 0.5) is 15.9 Å². The Morgan fingerprint density at radius 2 is 1.64 bits per heavy atom. The van der Waals surface area contributed by atoms with Crippen molar-refractivity contribution in [2.45, 2.75) is 41.2 Å². The number of fused-ring (bicyclic) bond motifs is 1. The SMILES string of the molecule is C#C.CC.CC.CP.Cc1ccc2ncnc(Nc3ccc(OCc4cccc(F)c4)c(Cl)c3)c2c1. The lowest BCUT2D eigenvalue weighted by Crippen LogP contribution is -1.98. The molecule has 1 N–H and O–H groups in total. The molecule has 4 nitrogen and oxygen atoms in total. The minimum absolute atomic E-state index is 0.236.